The van der Waals surface area contributed by atoms with E-state index in [1.807, 2.05) is 11.3 Å². The minimum absolute atomic E-state index is 1.11. The molecule has 0 radical (unpaired) electrons. The van der Waals surface area contributed by atoms with Crippen molar-refractivity contribution in [2.75, 3.05) is 4.90 Å². The van der Waals surface area contributed by atoms with Crippen molar-refractivity contribution in [3.63, 3.8) is 0 Å². The summed E-state index contributed by atoms with van der Waals surface area (Å²) >= 11 is 1.87. The van der Waals surface area contributed by atoms with Crippen LogP contribution in [0.25, 0.3) is 75.5 Å². The van der Waals surface area contributed by atoms with E-state index in [4.69, 9.17) is 0 Å². The van der Waals surface area contributed by atoms with Crippen LogP contribution in [0.1, 0.15) is 0 Å². The van der Waals surface area contributed by atoms with E-state index in [-0.39, 0.29) is 0 Å². The fraction of sp³-hybridized carbons (Fsp3) is 0. The highest BCUT2D eigenvalue weighted by atomic mass is 32.1. The summed E-state index contributed by atoms with van der Waals surface area (Å²) in [4.78, 5) is 2.46. The smallest absolute Gasteiger partial charge is 0.0640 e. The predicted molar refractivity (Wildman–Crippen MR) is 233 cm³/mol. The lowest BCUT2D eigenvalue weighted by atomic mass is 9.94. The molecule has 0 saturated heterocycles. The Morgan fingerprint density at radius 3 is 1.67 bits per heavy atom. The van der Waals surface area contributed by atoms with Crippen LogP contribution in [0, 0.1) is 0 Å². The minimum atomic E-state index is 1.11. The largest absolute Gasteiger partial charge is 0.308 e. The van der Waals surface area contributed by atoms with Crippen LogP contribution in [-0.2, 0) is 0 Å². The molecule has 54 heavy (non-hydrogen) atoms. The third kappa shape index (κ3) is 5.74. The number of anilines is 3. The second-order valence-corrected chi connectivity index (χ2v) is 14.8. The Bertz CT molecular complexity index is 2930. The summed E-state index contributed by atoms with van der Waals surface area (Å²) in [6, 6.07) is 77.1. The molecule has 1 nitrogen and oxygen atoms in total. The number of rotatable bonds is 7. The Balaban J connectivity index is 1.13. The lowest BCUT2D eigenvalue weighted by Gasteiger charge is -2.28. The quantitative estimate of drug-likeness (QED) is 0.160. The van der Waals surface area contributed by atoms with Crippen LogP contribution >= 0.6 is 11.3 Å². The Labute approximate surface area is 319 Å². The molecule has 0 fully saturated rings. The molecule has 0 spiro atoms. The summed E-state index contributed by atoms with van der Waals surface area (Å²) in [5.74, 6) is 0. The SMILES string of the molecule is c1ccc(-c2cccc(-c3ccc(N(c4ccccc4-c4cccc(-c5cccc6ccccc56)c4)c4cccc5c4sc4ccccc45)cc3)c2)cc1. The van der Waals surface area contributed by atoms with Gasteiger partial charge in [0.1, 0.15) is 0 Å². The number of thiophene rings is 1. The van der Waals surface area contributed by atoms with E-state index in [0.717, 1.165) is 11.4 Å². The summed E-state index contributed by atoms with van der Waals surface area (Å²) in [5.41, 5.74) is 13.1. The Morgan fingerprint density at radius 1 is 0.315 bits per heavy atom. The van der Waals surface area contributed by atoms with Crippen LogP contribution in [0.2, 0.25) is 0 Å². The zero-order chi connectivity index (χ0) is 35.8. The molecule has 10 rings (SSSR count). The fourth-order valence-electron chi connectivity index (χ4n) is 7.87. The molecule has 1 aromatic heterocycles. The first-order valence-corrected chi connectivity index (χ1v) is 19.2. The van der Waals surface area contributed by atoms with Crippen molar-refractivity contribution in [2.24, 2.45) is 0 Å². The molecule has 0 saturated carbocycles. The van der Waals surface area contributed by atoms with Gasteiger partial charge in [-0.15, -0.1) is 11.3 Å². The molecule has 9 aromatic carbocycles. The zero-order valence-electron chi connectivity index (χ0n) is 29.6. The zero-order valence-corrected chi connectivity index (χ0v) is 30.4. The van der Waals surface area contributed by atoms with Crippen LogP contribution in [0.3, 0.4) is 0 Å². The third-order valence-corrected chi connectivity index (χ3v) is 11.7. The van der Waals surface area contributed by atoms with Crippen LogP contribution < -0.4 is 4.90 Å². The van der Waals surface area contributed by atoms with Crippen molar-refractivity contribution < 1.29 is 0 Å². The third-order valence-electron chi connectivity index (χ3n) is 10.5. The summed E-state index contributed by atoms with van der Waals surface area (Å²) in [5, 5.41) is 5.09. The van der Waals surface area contributed by atoms with Crippen molar-refractivity contribution in [1.82, 2.24) is 0 Å². The molecule has 254 valence electrons. The molecular weight excluding hydrogens is 671 g/mol. The van der Waals surface area contributed by atoms with Gasteiger partial charge in [0.05, 0.1) is 16.1 Å². The van der Waals surface area contributed by atoms with Crippen LogP contribution in [0.5, 0.6) is 0 Å². The molecule has 0 amide bonds. The summed E-state index contributed by atoms with van der Waals surface area (Å²) < 4.78 is 2.57. The lowest BCUT2D eigenvalue weighted by Crippen LogP contribution is -2.11. The van der Waals surface area contributed by atoms with Gasteiger partial charge < -0.3 is 4.90 Å². The molecule has 1 heterocycles. The van der Waals surface area contributed by atoms with Crippen molar-refractivity contribution in [3.05, 3.63) is 212 Å². The van der Waals surface area contributed by atoms with Crippen molar-refractivity contribution in [1.29, 1.82) is 0 Å². The van der Waals surface area contributed by atoms with Gasteiger partial charge in [0.2, 0.25) is 0 Å². The Hall–Kier alpha value is -6.74. The van der Waals surface area contributed by atoms with Crippen molar-refractivity contribution in [3.8, 4) is 44.5 Å². The molecule has 0 unspecified atom stereocenters. The maximum absolute atomic E-state index is 2.46. The van der Waals surface area contributed by atoms with Gasteiger partial charge in [-0.05, 0) is 92.2 Å². The normalized spacial score (nSPS) is 11.3. The number of nitrogens with zero attached hydrogens (tertiary/aromatic N) is 1. The van der Waals surface area contributed by atoms with Gasteiger partial charge in [0.25, 0.3) is 0 Å². The van der Waals surface area contributed by atoms with Crippen molar-refractivity contribution in [2.45, 2.75) is 0 Å². The molecule has 0 bridgehead atoms. The first-order valence-electron chi connectivity index (χ1n) is 18.4. The number of fused-ring (bicyclic) bond motifs is 4. The average Bonchev–Trinajstić information content (AvgIpc) is 3.64. The topological polar surface area (TPSA) is 3.24 Å². The molecule has 0 aliphatic carbocycles. The molecular formula is C52H35NS. The Morgan fingerprint density at radius 2 is 0.833 bits per heavy atom. The molecule has 10 aromatic rings. The van der Waals surface area contributed by atoms with Gasteiger partial charge in [-0.1, -0.05) is 170 Å². The maximum atomic E-state index is 2.46. The molecule has 2 heteroatoms. The van der Waals surface area contributed by atoms with E-state index in [1.54, 1.807) is 0 Å². The van der Waals surface area contributed by atoms with Gasteiger partial charge >= 0.3 is 0 Å². The van der Waals surface area contributed by atoms with E-state index in [9.17, 15) is 0 Å². The second-order valence-electron chi connectivity index (χ2n) is 13.7. The summed E-state index contributed by atoms with van der Waals surface area (Å²) in [6.45, 7) is 0. The number of hydrogen-bond acceptors (Lipinski definition) is 2. The summed E-state index contributed by atoms with van der Waals surface area (Å²) in [7, 11) is 0. The predicted octanol–water partition coefficient (Wildman–Crippen LogP) is 15.3. The summed E-state index contributed by atoms with van der Waals surface area (Å²) in [6.07, 6.45) is 0. The van der Waals surface area contributed by atoms with Gasteiger partial charge in [-0.25, -0.2) is 0 Å². The number of hydrogen-bond donors (Lipinski definition) is 0. The van der Waals surface area contributed by atoms with Crippen molar-refractivity contribution >= 4 is 59.3 Å². The molecule has 0 aliphatic heterocycles. The standard InChI is InChI=1S/C52H35NS/c1-2-14-36(15-3-1)39-18-10-19-40(34-39)37-30-32-43(33-31-37)53(50-28-13-26-48-47-24-7-9-29-51(47)54-52(48)50)49-27-8-6-23-46(49)42-21-11-20-41(35-42)45-25-12-17-38-16-4-5-22-44(38)45/h1-35H. The molecule has 0 N–H and O–H groups in total. The van der Waals surface area contributed by atoms with Gasteiger partial charge in [0.15, 0.2) is 0 Å². The number of para-hydroxylation sites is 1. The highest BCUT2D eigenvalue weighted by molar-refractivity contribution is 7.26. The van der Waals surface area contributed by atoms with E-state index < -0.39 is 0 Å². The van der Waals surface area contributed by atoms with Crippen LogP contribution in [0.4, 0.5) is 17.1 Å². The second kappa shape index (κ2) is 13.7. The van der Waals surface area contributed by atoms with E-state index in [1.165, 1.54) is 81.1 Å². The van der Waals surface area contributed by atoms with E-state index in [2.05, 4.69) is 217 Å². The monoisotopic (exact) mass is 705 g/mol. The van der Waals surface area contributed by atoms with Gasteiger partial charge in [-0.2, -0.15) is 0 Å². The average molecular weight is 706 g/mol. The van der Waals surface area contributed by atoms with E-state index >= 15 is 0 Å². The lowest BCUT2D eigenvalue weighted by molar-refractivity contribution is 1.30. The number of benzene rings is 9. The maximum Gasteiger partial charge on any atom is 0.0640 e. The van der Waals surface area contributed by atoms with E-state index in [0.29, 0.717) is 0 Å². The van der Waals surface area contributed by atoms with Gasteiger partial charge in [-0.3, -0.25) is 0 Å². The highest BCUT2D eigenvalue weighted by Gasteiger charge is 2.21. The molecule has 0 atom stereocenters. The highest BCUT2D eigenvalue weighted by Crippen LogP contribution is 2.47. The Kier molecular flexibility index (Phi) is 8.09. The van der Waals surface area contributed by atoms with Gasteiger partial charge in [0, 0.05) is 26.7 Å². The van der Waals surface area contributed by atoms with Crippen LogP contribution in [-0.4, -0.2) is 0 Å². The first kappa shape index (κ1) is 32.0. The van der Waals surface area contributed by atoms with Crippen LogP contribution in [0.15, 0.2) is 212 Å². The minimum Gasteiger partial charge on any atom is -0.308 e. The fourth-order valence-corrected chi connectivity index (χ4v) is 9.08. The first-order chi connectivity index (χ1) is 26.8. The molecule has 0 aliphatic rings.